The van der Waals surface area contributed by atoms with Gasteiger partial charge in [0, 0.05) is 11.3 Å². The topological polar surface area (TPSA) is 79.9 Å². The lowest BCUT2D eigenvalue weighted by molar-refractivity contribution is 0.0973. The van der Waals surface area contributed by atoms with E-state index in [9.17, 15) is 4.79 Å². The SMILES string of the molecule is O=C(NC1=NN=C(c2ccccc2)CS1)c1coc(-c2ccc(Cl)c(Cl)c2)n1. The molecule has 28 heavy (non-hydrogen) atoms. The van der Waals surface area contributed by atoms with Crippen LogP contribution in [0.15, 0.2) is 69.4 Å². The lowest BCUT2D eigenvalue weighted by atomic mass is 10.1. The molecule has 1 aliphatic heterocycles. The number of nitrogens with zero attached hydrogens (tertiary/aromatic N) is 3. The number of nitrogens with one attached hydrogen (secondary N) is 1. The first-order chi connectivity index (χ1) is 13.6. The van der Waals surface area contributed by atoms with Crippen molar-refractivity contribution in [2.75, 3.05) is 5.75 Å². The van der Waals surface area contributed by atoms with E-state index in [1.54, 1.807) is 18.2 Å². The van der Waals surface area contributed by atoms with Crippen molar-refractivity contribution >= 4 is 51.8 Å². The second kappa shape index (κ2) is 8.18. The average Bonchev–Trinajstić information content (AvgIpc) is 3.22. The zero-order valence-electron chi connectivity index (χ0n) is 14.2. The van der Waals surface area contributed by atoms with Gasteiger partial charge in [0.2, 0.25) is 5.89 Å². The zero-order valence-corrected chi connectivity index (χ0v) is 16.6. The summed E-state index contributed by atoms with van der Waals surface area (Å²) in [6, 6.07) is 14.7. The molecule has 6 nitrogen and oxygen atoms in total. The van der Waals surface area contributed by atoms with E-state index < -0.39 is 5.91 Å². The Labute approximate surface area is 174 Å². The molecular formula is C19H12Cl2N4O2S. The van der Waals surface area contributed by atoms with Gasteiger partial charge in [-0.15, -0.1) is 5.10 Å². The summed E-state index contributed by atoms with van der Waals surface area (Å²) in [5.41, 5.74) is 2.61. The van der Waals surface area contributed by atoms with E-state index >= 15 is 0 Å². The molecule has 0 unspecified atom stereocenters. The normalized spacial score (nSPS) is 13.6. The van der Waals surface area contributed by atoms with Gasteiger partial charge in [-0.2, -0.15) is 5.10 Å². The highest BCUT2D eigenvalue weighted by atomic mass is 35.5. The van der Waals surface area contributed by atoms with Crippen LogP contribution >= 0.6 is 35.0 Å². The molecule has 1 amide bonds. The van der Waals surface area contributed by atoms with Gasteiger partial charge in [-0.05, 0) is 23.8 Å². The van der Waals surface area contributed by atoms with E-state index in [1.807, 2.05) is 30.3 Å². The van der Waals surface area contributed by atoms with Gasteiger partial charge in [0.1, 0.15) is 6.26 Å². The number of oxazole rings is 1. The maximum absolute atomic E-state index is 12.4. The van der Waals surface area contributed by atoms with E-state index in [-0.39, 0.29) is 11.6 Å². The fourth-order valence-corrected chi connectivity index (χ4v) is 3.49. The first-order valence-corrected chi connectivity index (χ1v) is 9.89. The molecule has 140 valence electrons. The first kappa shape index (κ1) is 18.7. The average molecular weight is 431 g/mol. The number of carbonyl (C=O) groups is 1. The second-order valence-corrected chi connectivity index (χ2v) is 7.51. The van der Waals surface area contributed by atoms with E-state index in [0.29, 0.717) is 26.5 Å². The molecule has 0 radical (unpaired) electrons. The summed E-state index contributed by atoms with van der Waals surface area (Å²) < 4.78 is 5.38. The summed E-state index contributed by atoms with van der Waals surface area (Å²) in [5, 5.41) is 12.2. The van der Waals surface area contributed by atoms with Crippen LogP contribution in [0.3, 0.4) is 0 Å². The Morgan fingerprint density at radius 1 is 1.04 bits per heavy atom. The van der Waals surface area contributed by atoms with Crippen molar-refractivity contribution in [3.05, 3.63) is 76.1 Å². The van der Waals surface area contributed by atoms with Crippen LogP contribution in [0.5, 0.6) is 0 Å². The summed E-state index contributed by atoms with van der Waals surface area (Å²) in [6.45, 7) is 0. The Hall–Kier alpha value is -2.61. The predicted octanol–water partition coefficient (Wildman–Crippen LogP) is 4.89. The molecular weight excluding hydrogens is 419 g/mol. The third kappa shape index (κ3) is 4.11. The maximum Gasteiger partial charge on any atom is 0.279 e. The van der Waals surface area contributed by atoms with Gasteiger partial charge < -0.3 is 4.42 Å². The largest absolute Gasteiger partial charge is 0.444 e. The van der Waals surface area contributed by atoms with Crippen LogP contribution in [0.25, 0.3) is 11.5 Å². The van der Waals surface area contributed by atoms with Crippen molar-refractivity contribution in [3.8, 4) is 11.5 Å². The number of amides is 1. The molecule has 0 fully saturated rings. The number of hydrogen-bond acceptors (Lipinski definition) is 6. The van der Waals surface area contributed by atoms with E-state index in [4.69, 9.17) is 27.6 Å². The Bertz CT molecular complexity index is 1100. The Balaban J connectivity index is 1.46. The fourth-order valence-electron chi connectivity index (χ4n) is 2.43. The first-order valence-electron chi connectivity index (χ1n) is 8.15. The van der Waals surface area contributed by atoms with Crippen LogP contribution in [0, 0.1) is 0 Å². The van der Waals surface area contributed by atoms with Gasteiger partial charge in [0.15, 0.2) is 10.9 Å². The summed E-state index contributed by atoms with van der Waals surface area (Å²) in [6.07, 6.45) is 1.28. The smallest absolute Gasteiger partial charge is 0.279 e. The Morgan fingerprint density at radius 3 is 2.57 bits per heavy atom. The molecule has 1 aliphatic rings. The molecule has 1 aromatic heterocycles. The molecule has 0 spiro atoms. The van der Waals surface area contributed by atoms with Crippen molar-refractivity contribution in [3.63, 3.8) is 0 Å². The number of carbonyl (C=O) groups excluding carboxylic acids is 1. The van der Waals surface area contributed by atoms with Crippen LogP contribution in [0.4, 0.5) is 0 Å². The van der Waals surface area contributed by atoms with E-state index in [1.165, 1.54) is 18.0 Å². The molecule has 0 aliphatic carbocycles. The van der Waals surface area contributed by atoms with Crippen LogP contribution in [-0.2, 0) is 0 Å². The number of benzene rings is 2. The van der Waals surface area contributed by atoms with Crippen molar-refractivity contribution in [1.82, 2.24) is 10.3 Å². The van der Waals surface area contributed by atoms with Gasteiger partial charge in [0.25, 0.3) is 5.91 Å². The molecule has 0 saturated heterocycles. The highest BCUT2D eigenvalue weighted by Crippen LogP contribution is 2.28. The number of aromatic nitrogens is 1. The highest BCUT2D eigenvalue weighted by molar-refractivity contribution is 8.14. The summed E-state index contributed by atoms with van der Waals surface area (Å²) >= 11 is 13.3. The number of hydrogen-bond donors (Lipinski definition) is 1. The van der Waals surface area contributed by atoms with Crippen molar-refractivity contribution in [2.45, 2.75) is 0 Å². The van der Waals surface area contributed by atoms with Gasteiger partial charge in [-0.3, -0.25) is 10.1 Å². The molecule has 2 heterocycles. The second-order valence-electron chi connectivity index (χ2n) is 5.73. The molecule has 4 rings (SSSR count). The van der Waals surface area contributed by atoms with Gasteiger partial charge in [-0.25, -0.2) is 4.98 Å². The van der Waals surface area contributed by atoms with E-state index in [2.05, 4.69) is 20.5 Å². The molecule has 0 saturated carbocycles. The zero-order chi connectivity index (χ0) is 19.5. The van der Waals surface area contributed by atoms with Crippen molar-refractivity contribution < 1.29 is 9.21 Å². The maximum atomic E-state index is 12.4. The van der Waals surface area contributed by atoms with Crippen molar-refractivity contribution in [2.24, 2.45) is 10.2 Å². The minimum absolute atomic E-state index is 0.127. The minimum Gasteiger partial charge on any atom is -0.444 e. The third-order valence-corrected chi connectivity index (χ3v) is 5.45. The van der Waals surface area contributed by atoms with Crippen molar-refractivity contribution in [1.29, 1.82) is 0 Å². The number of amidine groups is 1. The monoisotopic (exact) mass is 430 g/mol. The lowest BCUT2D eigenvalue weighted by Crippen LogP contribution is -2.30. The molecule has 0 atom stereocenters. The van der Waals surface area contributed by atoms with Crippen LogP contribution < -0.4 is 5.32 Å². The summed E-state index contributed by atoms with van der Waals surface area (Å²) in [4.78, 5) is 16.6. The highest BCUT2D eigenvalue weighted by Gasteiger charge is 2.18. The third-order valence-electron chi connectivity index (χ3n) is 3.84. The fraction of sp³-hybridized carbons (Fsp3) is 0.0526. The Morgan fingerprint density at radius 2 is 1.86 bits per heavy atom. The van der Waals surface area contributed by atoms with Gasteiger partial charge >= 0.3 is 0 Å². The van der Waals surface area contributed by atoms with Crippen LogP contribution in [0.1, 0.15) is 16.1 Å². The number of thioether (sulfide) groups is 1. The molecule has 1 N–H and O–H groups in total. The summed E-state index contributed by atoms with van der Waals surface area (Å²) in [7, 11) is 0. The van der Waals surface area contributed by atoms with Crippen LogP contribution in [-0.4, -0.2) is 27.5 Å². The minimum atomic E-state index is -0.431. The Kier molecular flexibility index (Phi) is 5.47. The van der Waals surface area contributed by atoms with Gasteiger partial charge in [-0.1, -0.05) is 65.3 Å². The van der Waals surface area contributed by atoms with Gasteiger partial charge in [0.05, 0.1) is 15.8 Å². The van der Waals surface area contributed by atoms with Crippen LogP contribution in [0.2, 0.25) is 10.0 Å². The number of rotatable bonds is 3. The molecule has 0 bridgehead atoms. The standard InChI is InChI=1S/C19H12Cl2N4O2S/c20-13-7-6-12(8-14(13)21)18-22-15(9-27-18)17(26)23-19-25-24-16(10-28-19)11-4-2-1-3-5-11/h1-9H,10H2,(H,23,25,26). The lowest BCUT2D eigenvalue weighted by Gasteiger charge is -2.12. The quantitative estimate of drug-likeness (QED) is 0.641. The predicted molar refractivity (Wildman–Crippen MR) is 112 cm³/mol. The van der Waals surface area contributed by atoms with E-state index in [0.717, 1.165) is 11.3 Å². The molecule has 3 aromatic rings. The molecule has 9 heteroatoms. The summed E-state index contributed by atoms with van der Waals surface area (Å²) in [5.74, 6) is 0.447. The number of halogens is 2. The molecule has 2 aromatic carbocycles.